The number of hydrogen-bond donors (Lipinski definition) is 3. The van der Waals surface area contributed by atoms with E-state index in [1.807, 2.05) is 11.8 Å². The van der Waals surface area contributed by atoms with Gasteiger partial charge in [-0.25, -0.2) is 5.84 Å². The van der Waals surface area contributed by atoms with E-state index in [0.29, 0.717) is 5.11 Å². The fourth-order valence-electron chi connectivity index (χ4n) is 0.978. The summed E-state index contributed by atoms with van der Waals surface area (Å²) in [6.45, 7) is 0.919. The lowest BCUT2D eigenvalue weighted by atomic mass is 10.2. The summed E-state index contributed by atoms with van der Waals surface area (Å²) in [5, 5.41) is 3.54. The molecule has 0 saturated heterocycles. The summed E-state index contributed by atoms with van der Waals surface area (Å²) >= 11 is 6.74. The molecule has 0 spiro atoms. The molecule has 0 atom stereocenters. The molecule has 0 rings (SSSR count). The zero-order chi connectivity index (χ0) is 9.94. The Hall–Kier alpha value is -0.0000000000000000486. The van der Waals surface area contributed by atoms with Crippen LogP contribution in [0, 0.1) is 0 Å². The molecule has 3 nitrogen and oxygen atoms in total. The number of hydrogen-bond acceptors (Lipinski definition) is 3. The van der Waals surface area contributed by atoms with Crippen LogP contribution in [0.1, 0.15) is 25.7 Å². The maximum Gasteiger partial charge on any atom is 0.180 e. The van der Waals surface area contributed by atoms with Gasteiger partial charge in [-0.1, -0.05) is 12.8 Å². The van der Waals surface area contributed by atoms with E-state index >= 15 is 0 Å². The highest BCUT2D eigenvalue weighted by atomic mass is 32.2. The highest BCUT2D eigenvalue weighted by Crippen LogP contribution is 2.03. The lowest BCUT2D eigenvalue weighted by Gasteiger charge is -2.05. The summed E-state index contributed by atoms with van der Waals surface area (Å²) in [6.07, 6.45) is 7.20. The van der Waals surface area contributed by atoms with Crippen LogP contribution in [-0.2, 0) is 0 Å². The Balaban J connectivity index is 2.95. The van der Waals surface area contributed by atoms with E-state index in [4.69, 9.17) is 18.1 Å². The normalized spacial score (nSPS) is 9.69. The number of thiocarbonyl (C=S) groups is 1. The van der Waals surface area contributed by atoms with Crippen molar-refractivity contribution in [2.75, 3.05) is 18.6 Å². The van der Waals surface area contributed by atoms with E-state index in [1.54, 1.807) is 0 Å². The molecule has 0 aromatic heterocycles. The van der Waals surface area contributed by atoms with Gasteiger partial charge in [-0.3, -0.25) is 0 Å². The molecule has 0 saturated carbocycles. The van der Waals surface area contributed by atoms with Crippen LogP contribution in [0.3, 0.4) is 0 Å². The summed E-state index contributed by atoms with van der Waals surface area (Å²) in [4.78, 5) is 0. The molecule has 78 valence electrons. The van der Waals surface area contributed by atoms with Gasteiger partial charge in [-0.05, 0) is 37.1 Å². The van der Waals surface area contributed by atoms with Gasteiger partial charge >= 0.3 is 0 Å². The minimum absolute atomic E-state index is 0.532. The Morgan fingerprint density at radius 1 is 1.31 bits per heavy atom. The molecule has 4 N–H and O–H groups in total. The van der Waals surface area contributed by atoms with Gasteiger partial charge in [0.1, 0.15) is 0 Å². The molecule has 13 heavy (non-hydrogen) atoms. The summed E-state index contributed by atoms with van der Waals surface area (Å²) in [5.74, 6) is 6.37. The van der Waals surface area contributed by atoms with E-state index < -0.39 is 0 Å². The Morgan fingerprint density at radius 3 is 2.62 bits per heavy atom. The molecule has 0 aromatic carbocycles. The van der Waals surface area contributed by atoms with Crippen LogP contribution in [0.15, 0.2) is 0 Å². The van der Waals surface area contributed by atoms with Gasteiger partial charge in [0.25, 0.3) is 0 Å². The second kappa shape index (κ2) is 10.1. The average Bonchev–Trinajstić information content (AvgIpc) is 2.16. The topological polar surface area (TPSA) is 50.1 Å². The van der Waals surface area contributed by atoms with E-state index in [-0.39, 0.29) is 0 Å². The monoisotopic (exact) mass is 221 g/mol. The van der Waals surface area contributed by atoms with Crippen molar-refractivity contribution in [1.29, 1.82) is 0 Å². The summed E-state index contributed by atoms with van der Waals surface area (Å²) in [5.41, 5.74) is 2.39. The lowest BCUT2D eigenvalue weighted by Crippen LogP contribution is -2.39. The van der Waals surface area contributed by atoms with E-state index in [1.165, 1.54) is 25.0 Å². The summed E-state index contributed by atoms with van der Waals surface area (Å²) in [6, 6.07) is 0. The van der Waals surface area contributed by atoms with E-state index in [0.717, 1.165) is 13.0 Å². The number of nitrogens with one attached hydrogen (secondary N) is 2. The Labute approximate surface area is 90.2 Å². The van der Waals surface area contributed by atoms with Crippen molar-refractivity contribution >= 4 is 29.1 Å². The van der Waals surface area contributed by atoms with Crippen molar-refractivity contribution < 1.29 is 0 Å². The van der Waals surface area contributed by atoms with Crippen molar-refractivity contribution in [1.82, 2.24) is 10.7 Å². The van der Waals surface area contributed by atoms with Crippen LogP contribution >= 0.6 is 24.0 Å². The van der Waals surface area contributed by atoms with Gasteiger partial charge in [0.05, 0.1) is 0 Å². The maximum absolute atomic E-state index is 5.10. The molecule has 0 radical (unpaired) electrons. The van der Waals surface area contributed by atoms with Crippen molar-refractivity contribution in [3.8, 4) is 0 Å². The largest absolute Gasteiger partial charge is 0.362 e. The first-order chi connectivity index (χ1) is 6.31. The van der Waals surface area contributed by atoms with Crippen molar-refractivity contribution in [2.45, 2.75) is 25.7 Å². The number of nitrogens with two attached hydrogens (primary N) is 1. The number of unbranched alkanes of at least 4 members (excludes halogenated alkanes) is 3. The maximum atomic E-state index is 5.10. The van der Waals surface area contributed by atoms with Crippen molar-refractivity contribution in [3.63, 3.8) is 0 Å². The van der Waals surface area contributed by atoms with Crippen LogP contribution < -0.4 is 16.6 Å². The standard InChI is InChI=1S/C8H19N3S2/c1-13-7-5-3-2-4-6-10-8(12)11-9/h2-7,9H2,1H3,(H2,10,11,12). The van der Waals surface area contributed by atoms with Crippen molar-refractivity contribution in [2.24, 2.45) is 5.84 Å². The predicted molar refractivity (Wildman–Crippen MR) is 64.8 cm³/mol. The first kappa shape index (κ1) is 13.0. The first-order valence-electron chi connectivity index (χ1n) is 4.54. The van der Waals surface area contributed by atoms with Gasteiger partial charge in [0, 0.05) is 6.54 Å². The van der Waals surface area contributed by atoms with E-state index in [2.05, 4.69) is 17.0 Å². The smallest absolute Gasteiger partial charge is 0.180 e. The molecule has 0 aliphatic heterocycles. The third-order valence-corrected chi connectivity index (χ3v) is 2.65. The predicted octanol–water partition coefficient (Wildman–Crippen LogP) is 1.25. The molecule has 0 heterocycles. The molecular formula is C8H19N3S2. The SMILES string of the molecule is CSCCCCCCNC(=S)NN. The van der Waals surface area contributed by atoms with Crippen LogP contribution in [-0.4, -0.2) is 23.7 Å². The molecule has 0 bridgehead atoms. The fourth-order valence-corrected chi connectivity index (χ4v) is 1.57. The zero-order valence-corrected chi connectivity index (χ0v) is 9.77. The van der Waals surface area contributed by atoms with Crippen LogP contribution in [0.2, 0.25) is 0 Å². The molecule has 0 aliphatic rings. The number of thioether (sulfide) groups is 1. The Kier molecular flexibility index (Phi) is 10.1. The average molecular weight is 221 g/mol. The number of rotatable bonds is 7. The first-order valence-corrected chi connectivity index (χ1v) is 6.35. The summed E-state index contributed by atoms with van der Waals surface area (Å²) < 4.78 is 0. The quantitative estimate of drug-likeness (QED) is 0.261. The minimum Gasteiger partial charge on any atom is -0.362 e. The zero-order valence-electron chi connectivity index (χ0n) is 8.14. The fraction of sp³-hybridized carbons (Fsp3) is 0.875. The van der Waals surface area contributed by atoms with Gasteiger partial charge in [-0.15, -0.1) is 0 Å². The minimum atomic E-state index is 0.532. The number of hydrazine groups is 1. The molecule has 5 heteroatoms. The highest BCUT2D eigenvalue weighted by Gasteiger charge is 1.91. The van der Waals surface area contributed by atoms with Gasteiger partial charge in [0.15, 0.2) is 5.11 Å². The molecule has 0 aromatic rings. The summed E-state index contributed by atoms with van der Waals surface area (Å²) in [7, 11) is 0. The van der Waals surface area contributed by atoms with Gasteiger partial charge in [0.2, 0.25) is 0 Å². The van der Waals surface area contributed by atoms with E-state index in [9.17, 15) is 0 Å². The third-order valence-electron chi connectivity index (χ3n) is 1.69. The lowest BCUT2D eigenvalue weighted by molar-refractivity contribution is 0.654. The second-order valence-electron chi connectivity index (χ2n) is 2.81. The van der Waals surface area contributed by atoms with Gasteiger partial charge in [-0.2, -0.15) is 11.8 Å². The van der Waals surface area contributed by atoms with Crippen molar-refractivity contribution in [3.05, 3.63) is 0 Å². The van der Waals surface area contributed by atoms with Crippen LogP contribution in [0.5, 0.6) is 0 Å². The third kappa shape index (κ3) is 9.92. The highest BCUT2D eigenvalue weighted by molar-refractivity contribution is 7.98. The van der Waals surface area contributed by atoms with Crippen LogP contribution in [0.25, 0.3) is 0 Å². The Morgan fingerprint density at radius 2 is 2.00 bits per heavy atom. The molecule has 0 unspecified atom stereocenters. The Bertz CT molecular complexity index is 131. The molecule has 0 amide bonds. The molecule has 0 fully saturated rings. The molecular weight excluding hydrogens is 202 g/mol. The molecule has 0 aliphatic carbocycles. The van der Waals surface area contributed by atoms with Gasteiger partial charge < -0.3 is 10.7 Å². The van der Waals surface area contributed by atoms with Crippen LogP contribution in [0.4, 0.5) is 0 Å². The second-order valence-corrected chi connectivity index (χ2v) is 4.20.